The number of carbonyl (C=O) groups is 1. The van der Waals surface area contributed by atoms with Crippen molar-refractivity contribution < 1.29 is 13.2 Å². The van der Waals surface area contributed by atoms with E-state index < -0.39 is 10.0 Å². The Morgan fingerprint density at radius 2 is 1.52 bits per heavy atom. The van der Waals surface area contributed by atoms with E-state index in [0.29, 0.717) is 17.4 Å². The minimum Gasteiger partial charge on any atom is -0.356 e. The second-order valence-electron chi connectivity index (χ2n) is 6.93. The second-order valence-corrected chi connectivity index (χ2v) is 8.63. The maximum atomic E-state index is 12.7. The quantitative estimate of drug-likeness (QED) is 0.676. The standard InChI is InChI=1S/C18H29N3O3S/c1-11-12(2)14(4)18(15(5)13(11)3)25(23,24)21-7-6-17(22)20-10-16-8-19-9-16/h16,19,21H,6-10H2,1-5H3,(H,20,22). The molecular formula is C18H29N3O3S. The van der Waals surface area contributed by atoms with Crippen molar-refractivity contribution in [3.8, 4) is 0 Å². The molecule has 0 saturated carbocycles. The Bertz CT molecular complexity index is 739. The molecule has 3 N–H and O–H groups in total. The van der Waals surface area contributed by atoms with E-state index in [0.717, 1.165) is 40.9 Å². The van der Waals surface area contributed by atoms with E-state index in [2.05, 4.69) is 15.4 Å². The van der Waals surface area contributed by atoms with Crippen LogP contribution in [0.5, 0.6) is 0 Å². The van der Waals surface area contributed by atoms with Gasteiger partial charge in [-0.25, -0.2) is 13.1 Å². The van der Waals surface area contributed by atoms with Crippen molar-refractivity contribution in [1.29, 1.82) is 0 Å². The van der Waals surface area contributed by atoms with Crippen molar-refractivity contribution in [2.24, 2.45) is 5.92 Å². The molecule has 0 bridgehead atoms. The Hall–Kier alpha value is -1.44. The van der Waals surface area contributed by atoms with E-state index in [9.17, 15) is 13.2 Å². The zero-order valence-electron chi connectivity index (χ0n) is 15.7. The van der Waals surface area contributed by atoms with E-state index in [-0.39, 0.29) is 18.9 Å². The van der Waals surface area contributed by atoms with E-state index in [1.165, 1.54) is 0 Å². The summed E-state index contributed by atoms with van der Waals surface area (Å²) in [5.74, 6) is 0.365. The molecule has 0 aliphatic carbocycles. The fraction of sp³-hybridized carbons (Fsp3) is 0.611. The predicted molar refractivity (Wildman–Crippen MR) is 99.3 cm³/mol. The number of hydrogen-bond donors (Lipinski definition) is 3. The van der Waals surface area contributed by atoms with Gasteiger partial charge in [-0.15, -0.1) is 0 Å². The topological polar surface area (TPSA) is 87.3 Å². The highest BCUT2D eigenvalue weighted by atomic mass is 32.2. The first-order valence-corrected chi connectivity index (χ1v) is 10.2. The molecule has 140 valence electrons. The monoisotopic (exact) mass is 367 g/mol. The molecule has 1 saturated heterocycles. The molecule has 2 rings (SSSR count). The van der Waals surface area contributed by atoms with Crippen molar-refractivity contribution in [2.45, 2.75) is 45.9 Å². The molecule has 1 fully saturated rings. The van der Waals surface area contributed by atoms with Gasteiger partial charge < -0.3 is 10.6 Å². The number of carbonyl (C=O) groups excluding carboxylic acids is 1. The van der Waals surface area contributed by atoms with Crippen LogP contribution in [0.25, 0.3) is 0 Å². The SMILES string of the molecule is Cc1c(C)c(C)c(S(=O)(=O)NCCC(=O)NCC2CNC2)c(C)c1C. The van der Waals surface area contributed by atoms with Crippen molar-refractivity contribution in [3.63, 3.8) is 0 Å². The first-order chi connectivity index (χ1) is 11.6. The molecule has 0 radical (unpaired) electrons. The van der Waals surface area contributed by atoms with Crippen LogP contribution in [0.1, 0.15) is 34.2 Å². The van der Waals surface area contributed by atoms with Gasteiger partial charge in [-0.1, -0.05) is 0 Å². The molecule has 1 heterocycles. The number of nitrogens with one attached hydrogen (secondary N) is 3. The third kappa shape index (κ3) is 4.40. The van der Waals surface area contributed by atoms with Gasteiger partial charge in [0.05, 0.1) is 4.90 Å². The third-order valence-corrected chi connectivity index (χ3v) is 7.03. The maximum absolute atomic E-state index is 12.7. The van der Waals surface area contributed by atoms with Gasteiger partial charge >= 0.3 is 0 Å². The van der Waals surface area contributed by atoms with Crippen LogP contribution in [0, 0.1) is 40.5 Å². The normalized spacial score (nSPS) is 15.1. The molecule has 1 aromatic rings. The molecule has 1 aliphatic heterocycles. The summed E-state index contributed by atoms with van der Waals surface area (Å²) in [5, 5.41) is 5.99. The van der Waals surface area contributed by atoms with E-state index in [1.807, 2.05) is 34.6 Å². The van der Waals surface area contributed by atoms with Crippen molar-refractivity contribution in [2.75, 3.05) is 26.2 Å². The number of sulfonamides is 1. The van der Waals surface area contributed by atoms with Gasteiger partial charge in [0.15, 0.2) is 0 Å². The largest absolute Gasteiger partial charge is 0.356 e. The lowest BCUT2D eigenvalue weighted by molar-refractivity contribution is -0.121. The van der Waals surface area contributed by atoms with Gasteiger partial charge in [0.1, 0.15) is 0 Å². The predicted octanol–water partition coefficient (Wildman–Crippen LogP) is 1.23. The number of rotatable bonds is 7. The lowest BCUT2D eigenvalue weighted by atomic mass is 9.95. The second kappa shape index (κ2) is 7.85. The molecular weight excluding hydrogens is 338 g/mol. The van der Waals surface area contributed by atoms with Crippen molar-refractivity contribution >= 4 is 15.9 Å². The molecule has 1 aromatic carbocycles. The highest BCUT2D eigenvalue weighted by Gasteiger charge is 2.23. The average molecular weight is 368 g/mol. The fourth-order valence-corrected chi connectivity index (χ4v) is 4.71. The fourth-order valence-electron chi connectivity index (χ4n) is 3.08. The van der Waals surface area contributed by atoms with Crippen molar-refractivity contribution in [3.05, 3.63) is 27.8 Å². The Morgan fingerprint density at radius 1 is 1.00 bits per heavy atom. The Labute approximate surface area is 150 Å². The van der Waals surface area contributed by atoms with Crippen LogP contribution in [0.4, 0.5) is 0 Å². The Morgan fingerprint density at radius 3 is 2.00 bits per heavy atom. The van der Waals surface area contributed by atoms with Gasteiger partial charge in [-0.2, -0.15) is 0 Å². The smallest absolute Gasteiger partial charge is 0.241 e. The summed E-state index contributed by atoms with van der Waals surface area (Å²) < 4.78 is 28.1. The van der Waals surface area contributed by atoms with Crippen LogP contribution in [0.2, 0.25) is 0 Å². The van der Waals surface area contributed by atoms with Crippen LogP contribution >= 0.6 is 0 Å². The number of hydrogen-bond acceptors (Lipinski definition) is 4. The Balaban J connectivity index is 2.01. The summed E-state index contributed by atoms with van der Waals surface area (Å²) in [6, 6.07) is 0. The Kier molecular flexibility index (Phi) is 6.24. The summed E-state index contributed by atoms with van der Waals surface area (Å²) in [5.41, 5.74) is 4.66. The highest BCUT2D eigenvalue weighted by molar-refractivity contribution is 7.89. The molecule has 1 amide bonds. The van der Waals surface area contributed by atoms with E-state index in [4.69, 9.17) is 0 Å². The summed E-state index contributed by atoms with van der Waals surface area (Å²) in [6.07, 6.45) is 0.140. The molecule has 0 spiro atoms. The third-order valence-electron chi connectivity index (χ3n) is 5.30. The number of benzene rings is 1. The average Bonchev–Trinajstić information content (AvgIpc) is 2.49. The van der Waals surface area contributed by atoms with Crippen LogP contribution < -0.4 is 15.4 Å². The molecule has 6 nitrogen and oxygen atoms in total. The van der Waals surface area contributed by atoms with Crippen LogP contribution in [0.15, 0.2) is 4.90 Å². The van der Waals surface area contributed by atoms with Crippen LogP contribution in [-0.4, -0.2) is 40.5 Å². The lowest BCUT2D eigenvalue weighted by Gasteiger charge is -2.27. The van der Waals surface area contributed by atoms with E-state index >= 15 is 0 Å². The molecule has 0 unspecified atom stereocenters. The zero-order valence-corrected chi connectivity index (χ0v) is 16.6. The lowest BCUT2D eigenvalue weighted by Crippen LogP contribution is -2.48. The summed E-state index contributed by atoms with van der Waals surface area (Å²) in [7, 11) is -3.64. The minimum atomic E-state index is -3.64. The molecule has 0 atom stereocenters. The first-order valence-electron chi connectivity index (χ1n) is 8.69. The minimum absolute atomic E-state index is 0.0991. The van der Waals surface area contributed by atoms with Gasteiger partial charge in [0.25, 0.3) is 0 Å². The maximum Gasteiger partial charge on any atom is 0.241 e. The molecule has 25 heavy (non-hydrogen) atoms. The van der Waals surface area contributed by atoms with Crippen molar-refractivity contribution in [1.82, 2.24) is 15.4 Å². The van der Waals surface area contributed by atoms with Gasteiger partial charge in [-0.3, -0.25) is 4.79 Å². The van der Waals surface area contributed by atoms with Gasteiger partial charge in [-0.05, 0) is 62.4 Å². The van der Waals surface area contributed by atoms with Gasteiger partial charge in [0.2, 0.25) is 15.9 Å². The summed E-state index contributed by atoms with van der Waals surface area (Å²) in [6.45, 7) is 12.2. The highest BCUT2D eigenvalue weighted by Crippen LogP contribution is 2.29. The van der Waals surface area contributed by atoms with E-state index in [1.54, 1.807) is 0 Å². The molecule has 7 heteroatoms. The summed E-state index contributed by atoms with van der Waals surface area (Å²) >= 11 is 0. The molecule has 1 aliphatic rings. The first kappa shape index (κ1) is 19.9. The zero-order chi connectivity index (χ0) is 18.8. The van der Waals surface area contributed by atoms with Gasteiger partial charge in [0, 0.05) is 38.5 Å². The van der Waals surface area contributed by atoms with Crippen LogP contribution in [0.3, 0.4) is 0 Å². The number of amides is 1. The van der Waals surface area contributed by atoms with Crippen LogP contribution in [-0.2, 0) is 14.8 Å². The molecule has 0 aromatic heterocycles. The summed E-state index contributed by atoms with van der Waals surface area (Å²) in [4.78, 5) is 12.2.